The highest BCUT2D eigenvalue weighted by molar-refractivity contribution is 5.87. The van der Waals surface area contributed by atoms with Crippen LogP contribution < -0.4 is 10.5 Å². The van der Waals surface area contributed by atoms with Crippen molar-refractivity contribution in [3.63, 3.8) is 0 Å². The lowest BCUT2D eigenvalue weighted by Crippen LogP contribution is -2.28. The number of fused-ring (bicyclic) bond motifs is 1. The third-order valence-electron chi connectivity index (χ3n) is 4.34. The number of benzene rings is 2. The van der Waals surface area contributed by atoms with Gasteiger partial charge in [0.1, 0.15) is 5.75 Å². The van der Waals surface area contributed by atoms with E-state index in [-0.39, 0.29) is 11.8 Å². The van der Waals surface area contributed by atoms with Gasteiger partial charge in [-0.1, -0.05) is 37.3 Å². The van der Waals surface area contributed by atoms with Crippen LogP contribution in [0.5, 0.6) is 5.75 Å². The molecule has 5 heteroatoms. The fourth-order valence-electron chi connectivity index (χ4n) is 3.13. The molecule has 1 heterocycles. The van der Waals surface area contributed by atoms with Crippen molar-refractivity contribution in [1.82, 2.24) is 4.90 Å². The van der Waals surface area contributed by atoms with Crippen LogP contribution in [0, 0.1) is 5.92 Å². The summed E-state index contributed by atoms with van der Waals surface area (Å²) >= 11 is 0. The van der Waals surface area contributed by atoms with Gasteiger partial charge in [0.2, 0.25) is 0 Å². The van der Waals surface area contributed by atoms with Crippen LogP contribution in [-0.4, -0.2) is 30.6 Å². The molecule has 2 atom stereocenters. The molecule has 0 bridgehead atoms. The van der Waals surface area contributed by atoms with Crippen LogP contribution >= 0.6 is 0 Å². The second-order valence-corrected chi connectivity index (χ2v) is 5.98. The number of halogens is 2. The third kappa shape index (κ3) is 3.05. The lowest BCUT2D eigenvalue weighted by molar-refractivity contribution is -0.0506. The van der Waals surface area contributed by atoms with E-state index in [0.29, 0.717) is 12.5 Å². The standard InChI is InChI=1S/C17H20F2N2O/c1-11-8-21(10-15(11)20)9-14-13-5-3-2-4-12(13)6-7-16(14)22-17(18)19/h2-7,11,15,17H,8-10,20H2,1H3. The van der Waals surface area contributed by atoms with E-state index in [1.54, 1.807) is 6.07 Å². The summed E-state index contributed by atoms with van der Waals surface area (Å²) in [4.78, 5) is 2.20. The number of ether oxygens (including phenoxy) is 1. The van der Waals surface area contributed by atoms with Crippen LogP contribution in [0.3, 0.4) is 0 Å². The zero-order valence-corrected chi connectivity index (χ0v) is 12.5. The molecule has 1 aliphatic rings. The van der Waals surface area contributed by atoms with Crippen LogP contribution in [0.4, 0.5) is 8.78 Å². The van der Waals surface area contributed by atoms with Gasteiger partial charge in [-0.15, -0.1) is 0 Å². The van der Waals surface area contributed by atoms with E-state index in [1.807, 2.05) is 30.3 Å². The largest absolute Gasteiger partial charge is 0.434 e. The molecule has 3 nitrogen and oxygen atoms in total. The fourth-order valence-corrected chi connectivity index (χ4v) is 3.13. The quantitative estimate of drug-likeness (QED) is 0.942. The highest BCUT2D eigenvalue weighted by atomic mass is 19.3. The maximum Gasteiger partial charge on any atom is 0.387 e. The SMILES string of the molecule is CC1CN(Cc2c(OC(F)F)ccc3ccccc23)CC1N. The van der Waals surface area contributed by atoms with Gasteiger partial charge in [0.05, 0.1) is 0 Å². The Hall–Kier alpha value is -1.72. The zero-order chi connectivity index (χ0) is 15.7. The van der Waals surface area contributed by atoms with Crippen molar-refractivity contribution in [2.24, 2.45) is 11.7 Å². The third-order valence-corrected chi connectivity index (χ3v) is 4.34. The maximum absolute atomic E-state index is 12.7. The van der Waals surface area contributed by atoms with Crippen molar-refractivity contribution in [1.29, 1.82) is 0 Å². The van der Waals surface area contributed by atoms with Gasteiger partial charge in [-0.25, -0.2) is 0 Å². The average molecular weight is 306 g/mol. The zero-order valence-electron chi connectivity index (χ0n) is 12.5. The Morgan fingerprint density at radius 1 is 1.23 bits per heavy atom. The van der Waals surface area contributed by atoms with Gasteiger partial charge < -0.3 is 10.5 Å². The molecule has 2 aromatic rings. The van der Waals surface area contributed by atoms with Crippen molar-refractivity contribution < 1.29 is 13.5 Å². The summed E-state index contributed by atoms with van der Waals surface area (Å²) in [5.41, 5.74) is 6.87. The first-order valence-electron chi connectivity index (χ1n) is 7.48. The summed E-state index contributed by atoms with van der Waals surface area (Å²) in [5.74, 6) is 0.663. The summed E-state index contributed by atoms with van der Waals surface area (Å²) in [7, 11) is 0. The molecule has 2 unspecified atom stereocenters. The Kier molecular flexibility index (Phi) is 4.27. The lowest BCUT2D eigenvalue weighted by atomic mass is 10.0. The first-order chi connectivity index (χ1) is 10.5. The molecule has 22 heavy (non-hydrogen) atoms. The summed E-state index contributed by atoms with van der Waals surface area (Å²) in [6.07, 6.45) is 0. The number of likely N-dealkylation sites (tertiary alicyclic amines) is 1. The Morgan fingerprint density at radius 2 is 2.00 bits per heavy atom. The average Bonchev–Trinajstić information content (AvgIpc) is 2.79. The van der Waals surface area contributed by atoms with Crippen LogP contribution in [0.25, 0.3) is 10.8 Å². The van der Waals surface area contributed by atoms with Crippen LogP contribution in [0.2, 0.25) is 0 Å². The minimum atomic E-state index is -2.82. The van der Waals surface area contributed by atoms with Crippen LogP contribution in [0.1, 0.15) is 12.5 Å². The number of nitrogens with two attached hydrogens (primary N) is 1. The minimum absolute atomic E-state index is 0.134. The van der Waals surface area contributed by atoms with Gasteiger partial charge in [-0.3, -0.25) is 4.90 Å². The number of rotatable bonds is 4. The molecule has 0 aromatic heterocycles. The first kappa shape index (κ1) is 15.2. The van der Waals surface area contributed by atoms with Gasteiger partial charge in [0.15, 0.2) is 0 Å². The van der Waals surface area contributed by atoms with Gasteiger partial charge >= 0.3 is 6.61 Å². The Bertz CT molecular complexity index is 652. The number of hydrogen-bond donors (Lipinski definition) is 1. The molecular weight excluding hydrogens is 286 g/mol. The Balaban J connectivity index is 1.97. The van der Waals surface area contributed by atoms with Crippen LogP contribution in [-0.2, 0) is 6.54 Å². The van der Waals surface area contributed by atoms with Crippen LogP contribution in [0.15, 0.2) is 36.4 Å². The van der Waals surface area contributed by atoms with Gasteiger partial charge in [0, 0.05) is 31.2 Å². The molecule has 1 fully saturated rings. The van der Waals surface area contributed by atoms with Crippen molar-refractivity contribution in [3.05, 3.63) is 42.0 Å². The Morgan fingerprint density at radius 3 is 2.68 bits per heavy atom. The molecule has 2 aromatic carbocycles. The predicted molar refractivity (Wildman–Crippen MR) is 83.0 cm³/mol. The molecule has 0 saturated carbocycles. The first-order valence-corrected chi connectivity index (χ1v) is 7.48. The Labute approximate surface area is 128 Å². The molecule has 0 spiro atoms. The molecule has 1 saturated heterocycles. The predicted octanol–water partition coefficient (Wildman–Crippen LogP) is 3.22. The van der Waals surface area contributed by atoms with E-state index in [0.717, 1.165) is 29.4 Å². The molecule has 3 rings (SSSR count). The molecular formula is C17H20F2N2O. The van der Waals surface area contributed by atoms with E-state index < -0.39 is 6.61 Å². The number of nitrogens with zero attached hydrogens (tertiary/aromatic N) is 1. The smallest absolute Gasteiger partial charge is 0.387 e. The number of hydrogen-bond acceptors (Lipinski definition) is 3. The molecule has 0 aliphatic carbocycles. The van der Waals surface area contributed by atoms with Crippen molar-refractivity contribution >= 4 is 10.8 Å². The van der Waals surface area contributed by atoms with Gasteiger partial charge in [-0.2, -0.15) is 8.78 Å². The lowest BCUT2D eigenvalue weighted by Gasteiger charge is -2.20. The highest BCUT2D eigenvalue weighted by Crippen LogP contribution is 2.31. The van der Waals surface area contributed by atoms with Crippen molar-refractivity contribution in [2.45, 2.75) is 26.1 Å². The van der Waals surface area contributed by atoms with E-state index in [9.17, 15) is 8.78 Å². The second-order valence-electron chi connectivity index (χ2n) is 5.98. The fraction of sp³-hybridized carbons (Fsp3) is 0.412. The highest BCUT2D eigenvalue weighted by Gasteiger charge is 2.27. The van der Waals surface area contributed by atoms with Gasteiger partial charge in [0.25, 0.3) is 0 Å². The topological polar surface area (TPSA) is 38.5 Å². The van der Waals surface area contributed by atoms with Crippen molar-refractivity contribution in [2.75, 3.05) is 13.1 Å². The van der Waals surface area contributed by atoms with E-state index in [2.05, 4.69) is 11.8 Å². The molecule has 1 aliphatic heterocycles. The maximum atomic E-state index is 12.7. The minimum Gasteiger partial charge on any atom is -0.434 e. The second kappa shape index (κ2) is 6.18. The summed E-state index contributed by atoms with van der Waals surface area (Å²) in [6, 6.07) is 11.3. The molecule has 2 N–H and O–H groups in total. The summed E-state index contributed by atoms with van der Waals surface area (Å²) in [6.45, 7) is 1.52. The molecule has 118 valence electrons. The monoisotopic (exact) mass is 306 g/mol. The van der Waals surface area contributed by atoms with E-state index >= 15 is 0 Å². The number of alkyl halides is 2. The van der Waals surface area contributed by atoms with E-state index in [4.69, 9.17) is 10.5 Å². The summed E-state index contributed by atoms with van der Waals surface area (Å²) in [5, 5.41) is 1.98. The van der Waals surface area contributed by atoms with Crippen molar-refractivity contribution in [3.8, 4) is 5.75 Å². The molecule has 0 amide bonds. The summed E-state index contributed by atoms with van der Waals surface area (Å²) < 4.78 is 30.1. The molecule has 0 radical (unpaired) electrons. The normalized spacial score (nSPS) is 22.6. The van der Waals surface area contributed by atoms with E-state index in [1.165, 1.54) is 0 Å². The van der Waals surface area contributed by atoms with Gasteiger partial charge in [-0.05, 0) is 22.8 Å².